The number of nitrogens with zero attached hydrogens (tertiary/aromatic N) is 1. The van der Waals surface area contributed by atoms with E-state index in [-0.39, 0.29) is 23.2 Å². The molecule has 0 saturated carbocycles. The van der Waals surface area contributed by atoms with Gasteiger partial charge in [-0.15, -0.1) is 0 Å². The molecule has 1 heterocycles. The molecule has 4 nitrogen and oxygen atoms in total. The Balaban J connectivity index is 1.68. The smallest absolute Gasteiger partial charge is 0.290 e. The predicted molar refractivity (Wildman–Crippen MR) is 134 cm³/mol. The first-order valence-electron chi connectivity index (χ1n) is 11.7. The summed E-state index contributed by atoms with van der Waals surface area (Å²) < 4.78 is 0. The summed E-state index contributed by atoms with van der Waals surface area (Å²) in [5, 5.41) is 10.9. The van der Waals surface area contributed by atoms with Gasteiger partial charge >= 0.3 is 0 Å². The molecule has 0 spiro atoms. The highest BCUT2D eigenvalue weighted by molar-refractivity contribution is 6.09. The lowest BCUT2D eigenvalue weighted by Crippen LogP contribution is -2.30. The van der Waals surface area contributed by atoms with Crippen LogP contribution in [0.5, 0.6) is 0 Å². The first-order valence-corrected chi connectivity index (χ1v) is 11.7. The van der Waals surface area contributed by atoms with Crippen molar-refractivity contribution >= 4 is 11.7 Å². The van der Waals surface area contributed by atoms with E-state index in [4.69, 9.17) is 0 Å². The second-order valence-corrected chi connectivity index (χ2v) is 9.86. The number of carbonyl (C=O) groups excluding carboxylic acids is 2. The van der Waals surface area contributed by atoms with Crippen LogP contribution in [0.3, 0.4) is 0 Å². The van der Waals surface area contributed by atoms with Crippen LogP contribution in [0.25, 0.3) is 0 Å². The van der Waals surface area contributed by atoms with Crippen molar-refractivity contribution in [1.29, 1.82) is 0 Å². The second kappa shape index (κ2) is 9.68. The average molecular weight is 454 g/mol. The van der Waals surface area contributed by atoms with E-state index in [9.17, 15) is 14.7 Å². The maximum absolute atomic E-state index is 13.4. The number of aryl methyl sites for hydroxylation is 1. The van der Waals surface area contributed by atoms with Gasteiger partial charge in [-0.1, -0.05) is 106 Å². The average Bonchev–Trinajstić information content (AvgIpc) is 3.08. The summed E-state index contributed by atoms with van der Waals surface area (Å²) in [7, 11) is 0. The maximum atomic E-state index is 13.4. The Labute approximate surface area is 201 Å². The number of aliphatic hydroxyl groups excluding tert-OH is 1. The van der Waals surface area contributed by atoms with Crippen molar-refractivity contribution in [2.45, 2.75) is 51.6 Å². The summed E-state index contributed by atoms with van der Waals surface area (Å²) in [6, 6.07) is 26.8. The van der Waals surface area contributed by atoms with Crippen LogP contribution < -0.4 is 0 Å². The molecule has 1 amide bonds. The molecule has 1 unspecified atom stereocenters. The lowest BCUT2D eigenvalue weighted by molar-refractivity contribution is -0.130. The van der Waals surface area contributed by atoms with E-state index in [1.54, 1.807) is 4.90 Å². The molecule has 0 aromatic heterocycles. The van der Waals surface area contributed by atoms with Gasteiger partial charge in [-0.3, -0.25) is 9.59 Å². The first-order chi connectivity index (χ1) is 16.3. The van der Waals surface area contributed by atoms with Crippen molar-refractivity contribution in [1.82, 2.24) is 4.90 Å². The van der Waals surface area contributed by atoms with E-state index in [2.05, 4.69) is 20.8 Å². The Hall–Kier alpha value is -3.66. The molecule has 1 atom stereocenters. The molecule has 4 heteroatoms. The highest BCUT2D eigenvalue weighted by atomic mass is 16.3. The number of rotatable bonds is 7. The Morgan fingerprint density at radius 3 is 1.97 bits per heavy atom. The van der Waals surface area contributed by atoms with Crippen molar-refractivity contribution in [3.05, 3.63) is 119 Å². The molecule has 4 rings (SSSR count). The number of carbonyl (C=O) groups is 2. The van der Waals surface area contributed by atoms with Gasteiger partial charge in [0.1, 0.15) is 0 Å². The number of hydrogen-bond donors (Lipinski definition) is 1. The van der Waals surface area contributed by atoms with Gasteiger partial charge in [-0.05, 0) is 34.1 Å². The fourth-order valence-electron chi connectivity index (χ4n) is 4.43. The Kier molecular flexibility index (Phi) is 6.69. The SMILES string of the molecule is CC(C)(C)c1ccc(C2C(C(=O)CCc3ccccc3)=C(O)C(=O)N2Cc2ccccc2)cc1. The van der Waals surface area contributed by atoms with Crippen LogP contribution in [0.1, 0.15) is 55.5 Å². The zero-order valence-electron chi connectivity index (χ0n) is 20.0. The van der Waals surface area contributed by atoms with Gasteiger partial charge < -0.3 is 10.0 Å². The second-order valence-electron chi connectivity index (χ2n) is 9.86. The van der Waals surface area contributed by atoms with Crippen molar-refractivity contribution < 1.29 is 14.7 Å². The van der Waals surface area contributed by atoms with E-state index in [0.717, 1.165) is 16.7 Å². The van der Waals surface area contributed by atoms with Crippen molar-refractivity contribution in [3.63, 3.8) is 0 Å². The summed E-state index contributed by atoms with van der Waals surface area (Å²) in [4.78, 5) is 28.2. The molecular formula is C30H31NO3. The van der Waals surface area contributed by atoms with Crippen LogP contribution in [-0.2, 0) is 28.0 Å². The highest BCUT2D eigenvalue weighted by Gasteiger charge is 2.43. The van der Waals surface area contributed by atoms with Gasteiger partial charge in [0, 0.05) is 13.0 Å². The van der Waals surface area contributed by atoms with E-state index in [1.165, 1.54) is 5.56 Å². The molecule has 1 aliphatic rings. The fourth-order valence-corrected chi connectivity index (χ4v) is 4.43. The zero-order chi connectivity index (χ0) is 24.3. The van der Waals surface area contributed by atoms with Gasteiger partial charge in [-0.25, -0.2) is 0 Å². The number of hydrogen-bond acceptors (Lipinski definition) is 3. The number of ketones is 1. The van der Waals surface area contributed by atoms with Gasteiger partial charge in [-0.2, -0.15) is 0 Å². The molecule has 0 radical (unpaired) electrons. The monoisotopic (exact) mass is 453 g/mol. The maximum Gasteiger partial charge on any atom is 0.290 e. The molecule has 1 aliphatic heterocycles. The van der Waals surface area contributed by atoms with Gasteiger partial charge in [0.05, 0.1) is 11.6 Å². The molecule has 0 saturated heterocycles. The third kappa shape index (κ3) is 4.96. The van der Waals surface area contributed by atoms with Crippen LogP contribution in [0.4, 0.5) is 0 Å². The largest absolute Gasteiger partial charge is 0.503 e. The molecule has 1 N–H and O–H groups in total. The van der Waals surface area contributed by atoms with E-state index >= 15 is 0 Å². The first kappa shape index (κ1) is 23.5. The zero-order valence-corrected chi connectivity index (χ0v) is 20.0. The summed E-state index contributed by atoms with van der Waals surface area (Å²) in [5.74, 6) is -1.13. The minimum atomic E-state index is -0.620. The summed E-state index contributed by atoms with van der Waals surface area (Å²) >= 11 is 0. The number of amides is 1. The Morgan fingerprint density at radius 1 is 0.853 bits per heavy atom. The molecular weight excluding hydrogens is 422 g/mol. The minimum absolute atomic E-state index is 0.0138. The number of aliphatic hydroxyl groups is 1. The van der Waals surface area contributed by atoms with Gasteiger partial charge in [0.2, 0.25) is 0 Å². The predicted octanol–water partition coefficient (Wildman–Crippen LogP) is 6.08. The van der Waals surface area contributed by atoms with Crippen molar-refractivity contribution in [2.24, 2.45) is 0 Å². The van der Waals surface area contributed by atoms with Crippen LogP contribution >= 0.6 is 0 Å². The van der Waals surface area contributed by atoms with Gasteiger partial charge in [0.25, 0.3) is 5.91 Å². The summed E-state index contributed by atoms with van der Waals surface area (Å²) in [5.41, 5.74) is 4.16. The molecule has 0 bridgehead atoms. The fraction of sp³-hybridized carbons (Fsp3) is 0.267. The quantitative estimate of drug-likeness (QED) is 0.472. The third-order valence-corrected chi connectivity index (χ3v) is 6.38. The normalized spacial score (nSPS) is 16.3. The van der Waals surface area contributed by atoms with Crippen LogP contribution in [-0.4, -0.2) is 21.7 Å². The van der Waals surface area contributed by atoms with E-state index in [0.29, 0.717) is 13.0 Å². The lowest BCUT2D eigenvalue weighted by atomic mass is 9.85. The number of benzene rings is 3. The molecule has 3 aromatic rings. The number of Topliss-reactive ketones (excluding diaryl/α,β-unsaturated/α-hetero) is 1. The molecule has 0 fully saturated rings. The molecule has 3 aromatic carbocycles. The Bertz CT molecular complexity index is 1190. The molecule has 174 valence electrons. The topological polar surface area (TPSA) is 57.6 Å². The standard InChI is InChI=1S/C30H31NO3/c1-30(2,3)24-17-15-23(16-18-24)27-26(25(32)19-14-21-10-6-4-7-11-21)28(33)29(34)31(27)20-22-12-8-5-9-13-22/h4-13,15-18,27,33H,14,19-20H2,1-3H3. The van der Waals surface area contributed by atoms with Gasteiger partial charge in [0.15, 0.2) is 11.5 Å². The lowest BCUT2D eigenvalue weighted by Gasteiger charge is -2.28. The molecule has 34 heavy (non-hydrogen) atoms. The van der Waals surface area contributed by atoms with Crippen molar-refractivity contribution in [2.75, 3.05) is 0 Å². The Morgan fingerprint density at radius 2 is 1.41 bits per heavy atom. The minimum Gasteiger partial charge on any atom is -0.503 e. The van der Waals surface area contributed by atoms with E-state index < -0.39 is 17.7 Å². The highest BCUT2D eigenvalue weighted by Crippen LogP contribution is 2.40. The van der Waals surface area contributed by atoms with Crippen LogP contribution in [0.15, 0.2) is 96.3 Å². The molecule has 0 aliphatic carbocycles. The van der Waals surface area contributed by atoms with Crippen molar-refractivity contribution in [3.8, 4) is 0 Å². The summed E-state index contributed by atoms with van der Waals surface area (Å²) in [6.45, 7) is 6.75. The van der Waals surface area contributed by atoms with E-state index in [1.807, 2.05) is 84.9 Å². The van der Waals surface area contributed by atoms with Crippen LogP contribution in [0, 0.1) is 0 Å². The van der Waals surface area contributed by atoms with Crippen LogP contribution in [0.2, 0.25) is 0 Å². The third-order valence-electron chi connectivity index (χ3n) is 6.38. The summed E-state index contributed by atoms with van der Waals surface area (Å²) in [6.07, 6.45) is 0.783.